The topological polar surface area (TPSA) is 54.3 Å². The molecule has 0 saturated heterocycles. The van der Waals surface area contributed by atoms with Gasteiger partial charge in [-0.25, -0.2) is 0 Å². The number of para-hydroxylation sites is 1. The van der Waals surface area contributed by atoms with Crippen LogP contribution in [-0.4, -0.2) is 11.7 Å². The average molecular weight is 298 g/mol. The molecule has 0 saturated carbocycles. The van der Waals surface area contributed by atoms with Gasteiger partial charge in [0.2, 0.25) is 5.43 Å². The van der Waals surface area contributed by atoms with Gasteiger partial charge in [0.25, 0.3) is 0 Å². The maximum atomic E-state index is 12.5. The van der Waals surface area contributed by atoms with Crippen molar-refractivity contribution in [2.75, 3.05) is 11.9 Å². The largest absolute Gasteiger partial charge is 0.456 e. The highest BCUT2D eigenvalue weighted by molar-refractivity contribution is 7.80. The molecule has 106 valence electrons. The molecule has 2 N–H and O–H groups in total. The maximum absolute atomic E-state index is 12.5. The molecule has 0 unspecified atom stereocenters. The molecule has 4 nitrogen and oxygen atoms in total. The van der Waals surface area contributed by atoms with E-state index in [1.165, 1.54) is 0 Å². The molecule has 0 aliphatic rings. The van der Waals surface area contributed by atoms with Gasteiger partial charge in [-0.2, -0.15) is 0 Å². The van der Waals surface area contributed by atoms with E-state index in [0.717, 1.165) is 12.2 Å². The Morgan fingerprint density at radius 2 is 1.90 bits per heavy atom. The van der Waals surface area contributed by atoms with Crippen LogP contribution in [0.4, 0.5) is 5.69 Å². The minimum Gasteiger partial charge on any atom is -0.456 e. The zero-order chi connectivity index (χ0) is 14.8. The Morgan fingerprint density at radius 1 is 1.14 bits per heavy atom. The van der Waals surface area contributed by atoms with Crippen LogP contribution in [-0.2, 0) is 0 Å². The van der Waals surface area contributed by atoms with E-state index < -0.39 is 0 Å². The van der Waals surface area contributed by atoms with Gasteiger partial charge in [0.15, 0.2) is 5.11 Å². The first kappa shape index (κ1) is 13.6. The fourth-order valence-corrected chi connectivity index (χ4v) is 2.48. The SMILES string of the molecule is CCNC(=S)Nc1ccc2oc3ccccc3c(=O)c2c1. The van der Waals surface area contributed by atoms with Gasteiger partial charge < -0.3 is 15.1 Å². The number of hydrogen-bond acceptors (Lipinski definition) is 3. The molecule has 5 heteroatoms. The fourth-order valence-electron chi connectivity index (χ4n) is 2.22. The number of nitrogens with one attached hydrogen (secondary N) is 2. The van der Waals surface area contributed by atoms with Crippen molar-refractivity contribution in [3.63, 3.8) is 0 Å². The summed E-state index contributed by atoms with van der Waals surface area (Å²) in [5.41, 5.74) is 1.89. The third kappa shape index (κ3) is 2.60. The van der Waals surface area contributed by atoms with Crippen LogP contribution in [0.3, 0.4) is 0 Å². The van der Waals surface area contributed by atoms with Crippen molar-refractivity contribution in [1.29, 1.82) is 0 Å². The average Bonchev–Trinajstić information content (AvgIpc) is 2.48. The van der Waals surface area contributed by atoms with Crippen LogP contribution in [0.15, 0.2) is 51.7 Å². The third-order valence-electron chi connectivity index (χ3n) is 3.17. The maximum Gasteiger partial charge on any atom is 0.200 e. The van der Waals surface area contributed by atoms with Gasteiger partial charge in [-0.05, 0) is 49.5 Å². The molecule has 3 aromatic rings. The van der Waals surface area contributed by atoms with E-state index in [1.54, 1.807) is 24.3 Å². The van der Waals surface area contributed by atoms with E-state index in [4.69, 9.17) is 16.6 Å². The van der Waals surface area contributed by atoms with Gasteiger partial charge >= 0.3 is 0 Å². The summed E-state index contributed by atoms with van der Waals surface area (Å²) < 4.78 is 5.76. The second-order valence-electron chi connectivity index (χ2n) is 4.62. The fraction of sp³-hybridized carbons (Fsp3) is 0.125. The van der Waals surface area contributed by atoms with Gasteiger partial charge in [-0.1, -0.05) is 12.1 Å². The quantitative estimate of drug-likeness (QED) is 0.562. The molecule has 0 fully saturated rings. The molecule has 0 aliphatic carbocycles. The van der Waals surface area contributed by atoms with E-state index >= 15 is 0 Å². The summed E-state index contributed by atoms with van der Waals surface area (Å²) >= 11 is 5.14. The van der Waals surface area contributed by atoms with E-state index in [9.17, 15) is 4.79 Å². The number of rotatable bonds is 2. The lowest BCUT2D eigenvalue weighted by atomic mass is 10.1. The van der Waals surface area contributed by atoms with Crippen LogP contribution in [0.1, 0.15) is 6.92 Å². The minimum atomic E-state index is -0.0372. The minimum absolute atomic E-state index is 0.0372. The van der Waals surface area contributed by atoms with Gasteiger partial charge in [0.1, 0.15) is 11.2 Å². The Balaban J connectivity index is 2.12. The number of fused-ring (bicyclic) bond motifs is 2. The van der Waals surface area contributed by atoms with Crippen LogP contribution < -0.4 is 16.1 Å². The first-order chi connectivity index (χ1) is 10.2. The first-order valence-corrected chi connectivity index (χ1v) is 7.10. The molecular formula is C16H14N2O2S. The summed E-state index contributed by atoms with van der Waals surface area (Å²) in [4.78, 5) is 12.5. The van der Waals surface area contributed by atoms with Crippen LogP contribution in [0.5, 0.6) is 0 Å². The summed E-state index contributed by atoms with van der Waals surface area (Å²) in [6.45, 7) is 2.71. The van der Waals surface area contributed by atoms with Crippen molar-refractivity contribution in [2.45, 2.75) is 6.92 Å². The van der Waals surface area contributed by atoms with E-state index in [2.05, 4.69) is 10.6 Å². The summed E-state index contributed by atoms with van der Waals surface area (Å²) in [5, 5.41) is 7.70. The van der Waals surface area contributed by atoms with Crippen LogP contribution in [0.2, 0.25) is 0 Å². The Hall–Kier alpha value is -2.40. The van der Waals surface area contributed by atoms with Gasteiger partial charge in [-0.15, -0.1) is 0 Å². The molecule has 1 heterocycles. The molecule has 0 radical (unpaired) electrons. The summed E-state index contributed by atoms with van der Waals surface area (Å²) in [6, 6.07) is 12.6. The highest BCUT2D eigenvalue weighted by atomic mass is 32.1. The smallest absolute Gasteiger partial charge is 0.200 e. The van der Waals surface area contributed by atoms with Crippen molar-refractivity contribution in [2.24, 2.45) is 0 Å². The lowest BCUT2D eigenvalue weighted by molar-refractivity contribution is 0.660. The molecule has 3 rings (SSSR count). The number of thiocarbonyl (C=S) groups is 1. The Bertz CT molecular complexity index is 886. The monoisotopic (exact) mass is 298 g/mol. The van der Waals surface area contributed by atoms with Crippen LogP contribution >= 0.6 is 12.2 Å². The van der Waals surface area contributed by atoms with E-state index in [-0.39, 0.29) is 5.43 Å². The third-order valence-corrected chi connectivity index (χ3v) is 3.42. The van der Waals surface area contributed by atoms with E-state index in [1.807, 2.05) is 25.1 Å². The number of hydrogen-bond donors (Lipinski definition) is 2. The number of benzene rings is 2. The standard InChI is InChI=1S/C16H14N2O2S/c1-2-17-16(21)18-10-7-8-14-12(9-10)15(19)11-5-3-4-6-13(11)20-14/h3-9H,2H2,1H3,(H2,17,18,21). The lowest BCUT2D eigenvalue weighted by Gasteiger charge is -2.09. The van der Waals surface area contributed by atoms with Crippen molar-refractivity contribution in [3.05, 3.63) is 52.7 Å². The highest BCUT2D eigenvalue weighted by Gasteiger charge is 2.08. The molecule has 0 atom stereocenters. The van der Waals surface area contributed by atoms with Crippen molar-refractivity contribution >= 4 is 45.0 Å². The van der Waals surface area contributed by atoms with Crippen molar-refractivity contribution in [3.8, 4) is 0 Å². The lowest BCUT2D eigenvalue weighted by Crippen LogP contribution is -2.27. The number of anilines is 1. The predicted molar refractivity (Wildman–Crippen MR) is 89.9 cm³/mol. The molecule has 1 aromatic heterocycles. The Labute approximate surface area is 126 Å². The summed E-state index contributed by atoms with van der Waals surface area (Å²) in [5.74, 6) is 0. The summed E-state index contributed by atoms with van der Waals surface area (Å²) in [6.07, 6.45) is 0. The van der Waals surface area contributed by atoms with Gasteiger partial charge in [0.05, 0.1) is 10.8 Å². The van der Waals surface area contributed by atoms with Crippen LogP contribution in [0, 0.1) is 0 Å². The molecule has 2 aromatic carbocycles. The molecule has 0 bridgehead atoms. The van der Waals surface area contributed by atoms with Gasteiger partial charge in [0, 0.05) is 12.2 Å². The second-order valence-corrected chi connectivity index (χ2v) is 5.03. The normalized spacial score (nSPS) is 10.7. The molecule has 0 aliphatic heterocycles. The first-order valence-electron chi connectivity index (χ1n) is 6.69. The van der Waals surface area contributed by atoms with Crippen molar-refractivity contribution in [1.82, 2.24) is 5.32 Å². The Kier molecular flexibility index (Phi) is 3.58. The highest BCUT2D eigenvalue weighted by Crippen LogP contribution is 2.21. The summed E-state index contributed by atoms with van der Waals surface area (Å²) in [7, 11) is 0. The van der Waals surface area contributed by atoms with Crippen molar-refractivity contribution < 1.29 is 4.42 Å². The van der Waals surface area contributed by atoms with E-state index in [0.29, 0.717) is 27.1 Å². The second kappa shape index (κ2) is 5.54. The van der Waals surface area contributed by atoms with Crippen LogP contribution in [0.25, 0.3) is 21.9 Å². The molecule has 0 spiro atoms. The molecular weight excluding hydrogens is 284 g/mol. The molecule has 21 heavy (non-hydrogen) atoms. The zero-order valence-corrected chi connectivity index (χ0v) is 12.3. The molecule has 0 amide bonds. The zero-order valence-electron chi connectivity index (χ0n) is 11.5. The van der Waals surface area contributed by atoms with Gasteiger partial charge in [-0.3, -0.25) is 4.79 Å². The predicted octanol–water partition coefficient (Wildman–Crippen LogP) is 3.25. The Morgan fingerprint density at radius 3 is 2.71 bits per heavy atom.